The van der Waals surface area contributed by atoms with Gasteiger partial charge < -0.3 is 13.9 Å². The van der Waals surface area contributed by atoms with Crippen LogP contribution < -0.4 is 19.8 Å². The number of esters is 1. The third-order valence-electron chi connectivity index (χ3n) is 5.87. The van der Waals surface area contributed by atoms with Crippen molar-refractivity contribution < 1.29 is 27.1 Å². The number of hydrogen-bond donors (Lipinski definition) is 1. The Bertz CT molecular complexity index is 1570. The van der Waals surface area contributed by atoms with Gasteiger partial charge in [0.15, 0.2) is 0 Å². The highest BCUT2D eigenvalue weighted by atomic mass is 32.2. The molecule has 0 aliphatic carbocycles. The zero-order valence-electron chi connectivity index (χ0n) is 20.2. The van der Waals surface area contributed by atoms with Gasteiger partial charge in [0.05, 0.1) is 17.4 Å². The van der Waals surface area contributed by atoms with E-state index in [0.717, 1.165) is 12.0 Å². The fourth-order valence-corrected chi connectivity index (χ4v) is 5.09. The monoisotopic (exact) mass is 509 g/mol. The van der Waals surface area contributed by atoms with Gasteiger partial charge in [-0.05, 0) is 55.8 Å². The Morgan fingerprint density at radius 1 is 0.972 bits per heavy atom. The predicted molar refractivity (Wildman–Crippen MR) is 137 cm³/mol. The van der Waals surface area contributed by atoms with Crippen LogP contribution in [0.5, 0.6) is 11.5 Å². The molecular formula is C27H27NO7S. The van der Waals surface area contributed by atoms with Gasteiger partial charge in [0.2, 0.25) is 10.0 Å². The van der Waals surface area contributed by atoms with E-state index in [-0.39, 0.29) is 22.6 Å². The summed E-state index contributed by atoms with van der Waals surface area (Å²) >= 11 is 0. The average molecular weight is 510 g/mol. The van der Waals surface area contributed by atoms with Gasteiger partial charge in [0.1, 0.15) is 23.1 Å². The maximum absolute atomic E-state index is 13.0. The summed E-state index contributed by atoms with van der Waals surface area (Å²) in [6, 6.07) is 15.1. The van der Waals surface area contributed by atoms with Crippen molar-refractivity contribution in [3.8, 4) is 11.5 Å². The first-order valence-electron chi connectivity index (χ1n) is 11.6. The van der Waals surface area contributed by atoms with Gasteiger partial charge in [-0.3, -0.25) is 0 Å². The molecule has 0 saturated heterocycles. The zero-order valence-corrected chi connectivity index (χ0v) is 21.1. The van der Waals surface area contributed by atoms with E-state index < -0.39 is 27.7 Å². The maximum atomic E-state index is 13.0. The Hall–Kier alpha value is -3.69. The minimum absolute atomic E-state index is 0.0680. The van der Waals surface area contributed by atoms with E-state index in [0.29, 0.717) is 28.3 Å². The first-order chi connectivity index (χ1) is 17.2. The molecule has 1 atom stereocenters. The number of nitrogens with one attached hydrogen (secondary N) is 1. The maximum Gasteiger partial charge on any atom is 0.344 e. The Balaban J connectivity index is 1.61. The molecule has 0 saturated carbocycles. The van der Waals surface area contributed by atoms with E-state index in [4.69, 9.17) is 13.9 Å². The van der Waals surface area contributed by atoms with Crippen LogP contribution in [0, 0.1) is 6.92 Å². The molecule has 0 fully saturated rings. The van der Waals surface area contributed by atoms with Crippen LogP contribution in [0.3, 0.4) is 0 Å². The second-order valence-corrected chi connectivity index (χ2v) is 10.2. The number of sulfonamides is 1. The Morgan fingerprint density at radius 3 is 2.36 bits per heavy atom. The lowest BCUT2D eigenvalue weighted by Crippen LogP contribution is -2.42. The Labute approximate surface area is 208 Å². The molecule has 4 rings (SSSR count). The smallest absolute Gasteiger partial charge is 0.344 e. The standard InChI is InChI=1S/C27H27NO7S/c1-4-5-6-24(28-36(31,32)20-11-7-17(2)8-12-20)27(30)34-19-10-14-22-21-13-9-18(33-3)15-23(21)26(29)35-25(22)16-19/h7-16,24,28H,4-6H2,1-3H3/t24-/m1/s1. The number of carbonyl (C=O) groups excluding carboxylic acids is 1. The van der Waals surface area contributed by atoms with Crippen molar-refractivity contribution in [1.82, 2.24) is 4.72 Å². The lowest BCUT2D eigenvalue weighted by atomic mass is 10.1. The Kier molecular flexibility index (Phi) is 7.42. The van der Waals surface area contributed by atoms with Crippen LogP contribution in [-0.4, -0.2) is 27.5 Å². The van der Waals surface area contributed by atoms with Crippen molar-refractivity contribution in [1.29, 1.82) is 0 Å². The SMILES string of the molecule is CCCC[C@@H](NS(=O)(=O)c1ccc(C)cc1)C(=O)Oc1ccc2c(c1)oc(=O)c1cc(OC)ccc12. The second-order valence-electron chi connectivity index (χ2n) is 8.51. The third-order valence-corrected chi connectivity index (χ3v) is 7.36. The summed E-state index contributed by atoms with van der Waals surface area (Å²) in [6.07, 6.45) is 1.67. The quantitative estimate of drug-likeness (QED) is 0.151. The van der Waals surface area contributed by atoms with E-state index in [1.54, 1.807) is 42.5 Å². The number of ether oxygens (including phenoxy) is 2. The van der Waals surface area contributed by atoms with Crippen molar-refractivity contribution in [2.45, 2.75) is 44.0 Å². The van der Waals surface area contributed by atoms with Gasteiger partial charge in [-0.2, -0.15) is 4.72 Å². The topological polar surface area (TPSA) is 112 Å². The molecule has 188 valence electrons. The number of rotatable bonds is 9. The molecule has 1 N–H and O–H groups in total. The fourth-order valence-electron chi connectivity index (χ4n) is 3.88. The van der Waals surface area contributed by atoms with E-state index >= 15 is 0 Å². The molecule has 0 aliphatic heterocycles. The second kappa shape index (κ2) is 10.5. The molecule has 9 heteroatoms. The minimum atomic E-state index is -3.94. The summed E-state index contributed by atoms with van der Waals surface area (Å²) in [7, 11) is -2.42. The number of aryl methyl sites for hydroxylation is 1. The van der Waals surface area contributed by atoms with Crippen LogP contribution in [-0.2, 0) is 14.8 Å². The fraction of sp³-hybridized carbons (Fsp3) is 0.259. The lowest BCUT2D eigenvalue weighted by Gasteiger charge is -2.18. The van der Waals surface area contributed by atoms with E-state index in [1.165, 1.54) is 25.3 Å². The van der Waals surface area contributed by atoms with E-state index in [1.807, 2.05) is 13.8 Å². The van der Waals surface area contributed by atoms with Crippen LogP contribution in [0.25, 0.3) is 21.7 Å². The van der Waals surface area contributed by atoms with Gasteiger partial charge in [0, 0.05) is 16.8 Å². The number of fused-ring (bicyclic) bond motifs is 3. The molecule has 36 heavy (non-hydrogen) atoms. The third kappa shape index (κ3) is 5.42. The summed E-state index contributed by atoms with van der Waals surface area (Å²) < 4.78 is 44.4. The molecule has 0 aliphatic rings. The summed E-state index contributed by atoms with van der Waals surface area (Å²) in [5, 5.41) is 1.71. The largest absolute Gasteiger partial charge is 0.497 e. The molecular weight excluding hydrogens is 482 g/mol. The van der Waals surface area contributed by atoms with Crippen molar-refractivity contribution in [2.75, 3.05) is 7.11 Å². The highest BCUT2D eigenvalue weighted by Gasteiger charge is 2.27. The first kappa shape index (κ1) is 25.4. The molecule has 1 aromatic heterocycles. The molecule has 0 radical (unpaired) electrons. The molecule has 0 unspecified atom stereocenters. The molecule has 0 bridgehead atoms. The average Bonchev–Trinajstić information content (AvgIpc) is 2.86. The minimum Gasteiger partial charge on any atom is -0.497 e. The molecule has 0 amide bonds. The number of benzene rings is 3. The molecule has 0 spiro atoms. The van der Waals surface area contributed by atoms with Crippen LogP contribution in [0.4, 0.5) is 0 Å². The predicted octanol–water partition coefficient (Wildman–Crippen LogP) is 4.71. The van der Waals surface area contributed by atoms with Crippen molar-refractivity contribution in [2.24, 2.45) is 0 Å². The molecule has 8 nitrogen and oxygen atoms in total. The van der Waals surface area contributed by atoms with Crippen LogP contribution in [0.2, 0.25) is 0 Å². The van der Waals surface area contributed by atoms with Crippen LogP contribution in [0.1, 0.15) is 31.7 Å². The summed E-state index contributed by atoms with van der Waals surface area (Å²) in [5.41, 5.74) is 0.616. The highest BCUT2D eigenvalue weighted by Crippen LogP contribution is 2.29. The normalized spacial score (nSPS) is 12.5. The number of hydrogen-bond acceptors (Lipinski definition) is 7. The lowest BCUT2D eigenvalue weighted by molar-refractivity contribution is -0.136. The molecule has 1 heterocycles. The number of methoxy groups -OCH3 is 1. The number of unbranched alkanes of at least 4 members (excludes halogenated alkanes) is 1. The van der Waals surface area contributed by atoms with Crippen molar-refractivity contribution in [3.05, 3.63) is 76.6 Å². The zero-order chi connectivity index (χ0) is 25.9. The van der Waals surface area contributed by atoms with Crippen LogP contribution in [0.15, 0.2) is 74.8 Å². The Morgan fingerprint density at radius 2 is 1.67 bits per heavy atom. The van der Waals surface area contributed by atoms with Gasteiger partial charge in [-0.1, -0.05) is 37.5 Å². The van der Waals surface area contributed by atoms with Gasteiger partial charge in [0.25, 0.3) is 0 Å². The van der Waals surface area contributed by atoms with Gasteiger partial charge >= 0.3 is 11.6 Å². The van der Waals surface area contributed by atoms with Crippen molar-refractivity contribution in [3.63, 3.8) is 0 Å². The van der Waals surface area contributed by atoms with Gasteiger partial charge in [-0.15, -0.1) is 0 Å². The van der Waals surface area contributed by atoms with Gasteiger partial charge in [-0.25, -0.2) is 18.0 Å². The summed E-state index contributed by atoms with van der Waals surface area (Å²) in [5.74, 6) is -0.0724. The molecule has 3 aromatic carbocycles. The highest BCUT2D eigenvalue weighted by molar-refractivity contribution is 7.89. The number of carbonyl (C=O) groups is 1. The van der Waals surface area contributed by atoms with Crippen LogP contribution >= 0.6 is 0 Å². The summed E-state index contributed by atoms with van der Waals surface area (Å²) in [4.78, 5) is 25.6. The summed E-state index contributed by atoms with van der Waals surface area (Å²) in [6.45, 7) is 3.80. The first-order valence-corrected chi connectivity index (χ1v) is 13.1. The van der Waals surface area contributed by atoms with E-state index in [9.17, 15) is 18.0 Å². The van der Waals surface area contributed by atoms with E-state index in [2.05, 4.69) is 4.72 Å². The molecule has 4 aromatic rings. The van der Waals surface area contributed by atoms with Crippen molar-refractivity contribution >= 4 is 37.7 Å².